The van der Waals surface area contributed by atoms with Crippen molar-refractivity contribution in [2.24, 2.45) is 0 Å². The molecule has 1 aliphatic heterocycles. The SMILES string of the molecule is CCCCCCc1cccc(C(=O)N2C[C@@H](C)O[C@@H](C)C2)c1. The van der Waals surface area contributed by atoms with Crippen molar-refractivity contribution in [3.8, 4) is 0 Å². The Hall–Kier alpha value is -1.35. The minimum Gasteiger partial charge on any atom is -0.372 e. The lowest BCUT2D eigenvalue weighted by Crippen LogP contribution is -2.48. The van der Waals surface area contributed by atoms with Crippen LogP contribution in [-0.2, 0) is 11.2 Å². The van der Waals surface area contributed by atoms with Crippen LogP contribution in [0.3, 0.4) is 0 Å². The maximum Gasteiger partial charge on any atom is 0.254 e. The van der Waals surface area contributed by atoms with E-state index in [-0.39, 0.29) is 18.1 Å². The zero-order valence-corrected chi connectivity index (χ0v) is 14.2. The summed E-state index contributed by atoms with van der Waals surface area (Å²) >= 11 is 0. The van der Waals surface area contributed by atoms with E-state index < -0.39 is 0 Å². The van der Waals surface area contributed by atoms with Gasteiger partial charge in [-0.2, -0.15) is 0 Å². The highest BCUT2D eigenvalue weighted by Gasteiger charge is 2.26. The van der Waals surface area contributed by atoms with Crippen molar-refractivity contribution in [2.45, 2.75) is 65.1 Å². The number of carbonyl (C=O) groups excluding carboxylic acids is 1. The van der Waals surface area contributed by atoms with Crippen LogP contribution in [0.15, 0.2) is 24.3 Å². The van der Waals surface area contributed by atoms with Gasteiger partial charge in [0.1, 0.15) is 0 Å². The lowest BCUT2D eigenvalue weighted by Gasteiger charge is -2.35. The highest BCUT2D eigenvalue weighted by atomic mass is 16.5. The van der Waals surface area contributed by atoms with Crippen LogP contribution in [0.5, 0.6) is 0 Å². The molecule has 0 radical (unpaired) electrons. The molecule has 3 heteroatoms. The van der Waals surface area contributed by atoms with Gasteiger partial charge in [0.2, 0.25) is 0 Å². The second kappa shape index (κ2) is 8.33. The summed E-state index contributed by atoms with van der Waals surface area (Å²) in [7, 11) is 0. The summed E-state index contributed by atoms with van der Waals surface area (Å²) in [5.74, 6) is 0.136. The van der Waals surface area contributed by atoms with Crippen molar-refractivity contribution in [1.82, 2.24) is 4.90 Å². The van der Waals surface area contributed by atoms with Gasteiger partial charge in [-0.15, -0.1) is 0 Å². The van der Waals surface area contributed by atoms with E-state index in [4.69, 9.17) is 4.74 Å². The molecule has 1 amide bonds. The molecule has 1 heterocycles. The number of nitrogens with zero attached hydrogens (tertiary/aromatic N) is 1. The minimum absolute atomic E-state index is 0.116. The van der Waals surface area contributed by atoms with E-state index in [1.807, 2.05) is 30.9 Å². The smallest absolute Gasteiger partial charge is 0.254 e. The van der Waals surface area contributed by atoms with E-state index in [0.717, 1.165) is 12.0 Å². The number of aryl methyl sites for hydroxylation is 1. The topological polar surface area (TPSA) is 29.5 Å². The molecule has 1 saturated heterocycles. The summed E-state index contributed by atoms with van der Waals surface area (Å²) < 4.78 is 5.71. The molecule has 1 aliphatic rings. The average Bonchev–Trinajstić information content (AvgIpc) is 2.50. The molecule has 0 aliphatic carbocycles. The predicted octanol–water partition coefficient (Wildman–Crippen LogP) is 4.06. The lowest BCUT2D eigenvalue weighted by atomic mass is 10.0. The Morgan fingerprint density at radius 1 is 1.18 bits per heavy atom. The molecular weight excluding hydrogens is 274 g/mol. The summed E-state index contributed by atoms with van der Waals surface area (Å²) in [6, 6.07) is 8.14. The fourth-order valence-corrected chi connectivity index (χ4v) is 3.14. The number of rotatable bonds is 6. The third kappa shape index (κ3) is 4.84. The number of carbonyl (C=O) groups is 1. The third-order valence-electron chi connectivity index (χ3n) is 4.20. The summed E-state index contributed by atoms with van der Waals surface area (Å²) in [4.78, 5) is 14.6. The number of ether oxygens (including phenoxy) is 1. The summed E-state index contributed by atoms with van der Waals surface area (Å²) in [6.07, 6.45) is 6.32. The van der Waals surface area contributed by atoms with E-state index in [9.17, 15) is 4.79 Å². The van der Waals surface area contributed by atoms with Crippen molar-refractivity contribution >= 4 is 5.91 Å². The Morgan fingerprint density at radius 2 is 1.91 bits per heavy atom. The number of unbranched alkanes of at least 4 members (excludes halogenated alkanes) is 3. The number of morpholine rings is 1. The maximum absolute atomic E-state index is 12.7. The van der Waals surface area contributed by atoms with E-state index >= 15 is 0 Å². The number of amides is 1. The Morgan fingerprint density at radius 3 is 2.59 bits per heavy atom. The molecule has 1 aromatic carbocycles. The van der Waals surface area contributed by atoms with Gasteiger partial charge in [0.05, 0.1) is 12.2 Å². The highest BCUT2D eigenvalue weighted by molar-refractivity contribution is 5.94. The Kier molecular flexibility index (Phi) is 6.44. The molecule has 0 N–H and O–H groups in total. The third-order valence-corrected chi connectivity index (χ3v) is 4.20. The van der Waals surface area contributed by atoms with E-state index in [0.29, 0.717) is 13.1 Å². The fraction of sp³-hybridized carbons (Fsp3) is 0.632. The van der Waals surface area contributed by atoms with Crippen LogP contribution < -0.4 is 0 Å². The van der Waals surface area contributed by atoms with Gasteiger partial charge in [0.15, 0.2) is 0 Å². The van der Waals surface area contributed by atoms with Crippen molar-refractivity contribution < 1.29 is 9.53 Å². The first-order chi connectivity index (χ1) is 10.6. The first-order valence-corrected chi connectivity index (χ1v) is 8.63. The lowest BCUT2D eigenvalue weighted by molar-refractivity contribution is -0.0586. The molecule has 2 atom stereocenters. The Bertz CT molecular complexity index is 476. The molecule has 22 heavy (non-hydrogen) atoms. The average molecular weight is 303 g/mol. The Balaban J connectivity index is 1.97. The molecule has 122 valence electrons. The predicted molar refractivity (Wildman–Crippen MR) is 90.2 cm³/mol. The monoisotopic (exact) mass is 303 g/mol. The van der Waals surface area contributed by atoms with Crippen LogP contribution in [0.1, 0.15) is 62.4 Å². The van der Waals surface area contributed by atoms with Gasteiger partial charge in [-0.1, -0.05) is 38.3 Å². The molecule has 0 spiro atoms. The van der Waals surface area contributed by atoms with Gasteiger partial charge >= 0.3 is 0 Å². The van der Waals surface area contributed by atoms with E-state index in [2.05, 4.69) is 19.1 Å². The summed E-state index contributed by atoms with van der Waals surface area (Å²) in [5, 5.41) is 0. The van der Waals surface area contributed by atoms with E-state index in [1.165, 1.54) is 31.2 Å². The second-order valence-electron chi connectivity index (χ2n) is 6.48. The van der Waals surface area contributed by atoms with Crippen molar-refractivity contribution in [3.63, 3.8) is 0 Å². The first-order valence-electron chi connectivity index (χ1n) is 8.63. The zero-order chi connectivity index (χ0) is 15.9. The molecule has 0 saturated carbocycles. The van der Waals surface area contributed by atoms with Gasteiger partial charge < -0.3 is 9.64 Å². The van der Waals surface area contributed by atoms with Gasteiger partial charge in [-0.3, -0.25) is 4.79 Å². The van der Waals surface area contributed by atoms with Gasteiger partial charge in [-0.05, 0) is 44.4 Å². The van der Waals surface area contributed by atoms with Crippen LogP contribution in [-0.4, -0.2) is 36.1 Å². The quantitative estimate of drug-likeness (QED) is 0.742. The molecular formula is C19H29NO2. The van der Waals surface area contributed by atoms with Crippen LogP contribution in [0.2, 0.25) is 0 Å². The molecule has 0 unspecified atom stereocenters. The van der Waals surface area contributed by atoms with Crippen molar-refractivity contribution in [2.75, 3.05) is 13.1 Å². The van der Waals surface area contributed by atoms with Crippen LogP contribution in [0.4, 0.5) is 0 Å². The summed E-state index contributed by atoms with van der Waals surface area (Å²) in [5.41, 5.74) is 2.09. The maximum atomic E-state index is 12.7. The number of hydrogen-bond donors (Lipinski definition) is 0. The largest absolute Gasteiger partial charge is 0.372 e. The normalized spacial score (nSPS) is 21.9. The van der Waals surface area contributed by atoms with Crippen LogP contribution in [0, 0.1) is 0 Å². The van der Waals surface area contributed by atoms with Crippen molar-refractivity contribution in [3.05, 3.63) is 35.4 Å². The fourth-order valence-electron chi connectivity index (χ4n) is 3.14. The standard InChI is InChI=1S/C19H29NO2/c1-4-5-6-7-9-17-10-8-11-18(12-17)19(21)20-13-15(2)22-16(3)14-20/h8,10-12,15-16H,4-7,9,13-14H2,1-3H3/t15-,16+. The minimum atomic E-state index is 0.116. The molecule has 1 aromatic rings. The van der Waals surface area contributed by atoms with Gasteiger partial charge in [0.25, 0.3) is 5.91 Å². The molecule has 0 aromatic heterocycles. The zero-order valence-electron chi connectivity index (χ0n) is 14.2. The van der Waals surface area contributed by atoms with Gasteiger partial charge in [-0.25, -0.2) is 0 Å². The first kappa shape index (κ1) is 17.0. The molecule has 3 nitrogen and oxygen atoms in total. The van der Waals surface area contributed by atoms with Crippen LogP contribution in [0.25, 0.3) is 0 Å². The highest BCUT2D eigenvalue weighted by Crippen LogP contribution is 2.16. The van der Waals surface area contributed by atoms with Crippen molar-refractivity contribution in [1.29, 1.82) is 0 Å². The van der Waals surface area contributed by atoms with E-state index in [1.54, 1.807) is 0 Å². The van der Waals surface area contributed by atoms with Crippen LogP contribution >= 0.6 is 0 Å². The number of benzene rings is 1. The molecule has 2 rings (SSSR count). The second-order valence-corrected chi connectivity index (χ2v) is 6.48. The summed E-state index contributed by atoms with van der Waals surface area (Å²) in [6.45, 7) is 7.65. The Labute approximate surface area is 134 Å². The molecule has 1 fully saturated rings. The number of hydrogen-bond acceptors (Lipinski definition) is 2. The molecule has 0 bridgehead atoms. The van der Waals surface area contributed by atoms with Gasteiger partial charge in [0, 0.05) is 18.7 Å².